The predicted octanol–water partition coefficient (Wildman–Crippen LogP) is 4.08. The molecule has 0 atom stereocenters. The van der Waals surface area contributed by atoms with Crippen LogP contribution in [0.2, 0.25) is 0 Å². The van der Waals surface area contributed by atoms with Crippen LogP contribution in [0.3, 0.4) is 0 Å². The van der Waals surface area contributed by atoms with Crippen LogP contribution in [-0.2, 0) is 26.7 Å². The van der Waals surface area contributed by atoms with Gasteiger partial charge in [0.15, 0.2) is 0 Å². The molecule has 0 saturated heterocycles. The summed E-state index contributed by atoms with van der Waals surface area (Å²) in [6.45, 7) is 0. The van der Waals surface area contributed by atoms with Gasteiger partial charge in [0.25, 0.3) is 20.2 Å². The van der Waals surface area contributed by atoms with E-state index in [0.717, 1.165) is 10.8 Å². The van der Waals surface area contributed by atoms with Gasteiger partial charge in [0.2, 0.25) is 0 Å². The first kappa shape index (κ1) is 19.5. The SMILES string of the molecule is O=S(=O)(O)c1ccc2ccccc2c1Cc1c(S(=O)(=O)O)ccc2ccccc12. The maximum atomic E-state index is 12.0. The molecular weight excluding hydrogens is 412 g/mol. The fourth-order valence-corrected chi connectivity index (χ4v) is 5.12. The summed E-state index contributed by atoms with van der Waals surface area (Å²) < 4.78 is 67.6. The van der Waals surface area contributed by atoms with E-state index in [2.05, 4.69) is 0 Å². The second-order valence-electron chi connectivity index (χ2n) is 6.65. The van der Waals surface area contributed by atoms with Crippen molar-refractivity contribution >= 4 is 41.8 Å². The standard InChI is InChI=1S/C21H16O6S2/c22-28(23,24)20-11-9-14-5-1-3-7-16(14)18(20)13-19-17-8-4-2-6-15(17)10-12-21(19)29(25,26)27/h1-12H,13H2,(H,22,23,24)(H,25,26,27). The molecule has 0 aliphatic rings. The van der Waals surface area contributed by atoms with Gasteiger partial charge in [-0.25, -0.2) is 0 Å². The molecule has 0 radical (unpaired) electrons. The zero-order valence-electron chi connectivity index (χ0n) is 15.0. The van der Waals surface area contributed by atoms with Crippen LogP contribution in [0.25, 0.3) is 21.5 Å². The highest BCUT2D eigenvalue weighted by molar-refractivity contribution is 7.86. The van der Waals surface area contributed by atoms with E-state index >= 15 is 0 Å². The molecule has 0 aliphatic heterocycles. The molecular formula is C21H16O6S2. The van der Waals surface area contributed by atoms with E-state index in [0.29, 0.717) is 10.8 Å². The van der Waals surface area contributed by atoms with Crippen LogP contribution < -0.4 is 0 Å². The Hall–Kier alpha value is -2.78. The quantitative estimate of drug-likeness (QED) is 0.474. The minimum Gasteiger partial charge on any atom is -0.282 e. The smallest absolute Gasteiger partial charge is 0.282 e. The first-order valence-corrected chi connectivity index (χ1v) is 11.5. The number of rotatable bonds is 4. The lowest BCUT2D eigenvalue weighted by Crippen LogP contribution is -2.08. The summed E-state index contributed by atoms with van der Waals surface area (Å²) in [7, 11) is -9.12. The maximum absolute atomic E-state index is 12.0. The van der Waals surface area contributed by atoms with Crippen molar-refractivity contribution in [3.8, 4) is 0 Å². The van der Waals surface area contributed by atoms with Crippen molar-refractivity contribution in [2.45, 2.75) is 16.2 Å². The molecule has 0 spiro atoms. The molecule has 29 heavy (non-hydrogen) atoms. The highest BCUT2D eigenvalue weighted by atomic mass is 32.2. The summed E-state index contributed by atoms with van der Waals surface area (Å²) in [4.78, 5) is -0.601. The third-order valence-corrected chi connectivity index (χ3v) is 6.78. The summed E-state index contributed by atoms with van der Waals surface area (Å²) in [5.74, 6) is 0. The molecule has 4 aromatic carbocycles. The normalized spacial score (nSPS) is 12.5. The molecule has 148 valence electrons. The first-order chi connectivity index (χ1) is 13.7. The highest BCUT2D eigenvalue weighted by Gasteiger charge is 2.23. The Balaban J connectivity index is 2.10. The Morgan fingerprint density at radius 2 is 0.931 bits per heavy atom. The molecule has 0 fully saturated rings. The fourth-order valence-electron chi connectivity index (χ4n) is 3.66. The minimum atomic E-state index is -4.56. The minimum absolute atomic E-state index is 0.118. The van der Waals surface area contributed by atoms with E-state index < -0.39 is 20.2 Å². The molecule has 6 nitrogen and oxygen atoms in total. The van der Waals surface area contributed by atoms with Gasteiger partial charge in [-0.2, -0.15) is 16.8 Å². The van der Waals surface area contributed by atoms with Gasteiger partial charge in [0, 0.05) is 6.42 Å². The van der Waals surface area contributed by atoms with E-state index in [4.69, 9.17) is 0 Å². The number of hydrogen-bond donors (Lipinski definition) is 2. The predicted molar refractivity (Wildman–Crippen MR) is 110 cm³/mol. The van der Waals surface area contributed by atoms with Crippen molar-refractivity contribution in [2.75, 3.05) is 0 Å². The second-order valence-corrected chi connectivity index (χ2v) is 9.43. The lowest BCUT2D eigenvalue weighted by atomic mass is 9.95. The van der Waals surface area contributed by atoms with Gasteiger partial charge < -0.3 is 0 Å². The Morgan fingerprint density at radius 1 is 0.552 bits per heavy atom. The van der Waals surface area contributed by atoms with E-state index in [1.165, 1.54) is 12.1 Å². The van der Waals surface area contributed by atoms with Crippen molar-refractivity contribution < 1.29 is 25.9 Å². The van der Waals surface area contributed by atoms with Crippen molar-refractivity contribution in [1.29, 1.82) is 0 Å². The number of fused-ring (bicyclic) bond motifs is 2. The van der Waals surface area contributed by atoms with E-state index in [9.17, 15) is 25.9 Å². The molecule has 0 aliphatic carbocycles. The zero-order valence-corrected chi connectivity index (χ0v) is 16.6. The summed E-state index contributed by atoms with van der Waals surface area (Å²) >= 11 is 0. The molecule has 8 heteroatoms. The third kappa shape index (κ3) is 3.63. The molecule has 2 N–H and O–H groups in total. The van der Waals surface area contributed by atoms with Crippen molar-refractivity contribution in [2.24, 2.45) is 0 Å². The van der Waals surface area contributed by atoms with Gasteiger partial charge >= 0.3 is 0 Å². The lowest BCUT2D eigenvalue weighted by molar-refractivity contribution is 0.481. The van der Waals surface area contributed by atoms with Gasteiger partial charge in [-0.1, -0.05) is 60.7 Å². The fraction of sp³-hybridized carbons (Fsp3) is 0.0476. The van der Waals surface area contributed by atoms with Gasteiger partial charge in [-0.3, -0.25) is 9.11 Å². The van der Waals surface area contributed by atoms with Crippen LogP contribution in [0.5, 0.6) is 0 Å². The zero-order chi connectivity index (χ0) is 20.8. The largest absolute Gasteiger partial charge is 0.294 e. The molecule has 4 aromatic rings. The lowest BCUT2D eigenvalue weighted by Gasteiger charge is -2.15. The number of benzene rings is 4. The van der Waals surface area contributed by atoms with Crippen LogP contribution in [-0.4, -0.2) is 25.9 Å². The van der Waals surface area contributed by atoms with Gasteiger partial charge in [0.05, 0.1) is 9.79 Å². The summed E-state index contributed by atoms with van der Waals surface area (Å²) in [5.41, 5.74) is 0.513. The van der Waals surface area contributed by atoms with E-state index in [-0.39, 0.29) is 27.3 Å². The molecule has 0 amide bonds. The average molecular weight is 428 g/mol. The van der Waals surface area contributed by atoms with Crippen molar-refractivity contribution in [1.82, 2.24) is 0 Å². The molecule has 0 bridgehead atoms. The van der Waals surface area contributed by atoms with Crippen LogP contribution in [0.15, 0.2) is 82.6 Å². The van der Waals surface area contributed by atoms with E-state index in [1.54, 1.807) is 60.7 Å². The van der Waals surface area contributed by atoms with Crippen LogP contribution >= 0.6 is 0 Å². The summed E-state index contributed by atoms with van der Waals surface area (Å²) in [5, 5.41) is 2.61. The average Bonchev–Trinajstić information content (AvgIpc) is 2.66. The summed E-state index contributed by atoms with van der Waals surface area (Å²) in [6.07, 6.45) is -0.118. The summed E-state index contributed by atoms with van der Waals surface area (Å²) in [6, 6.07) is 19.8. The molecule has 0 unspecified atom stereocenters. The highest BCUT2D eigenvalue weighted by Crippen LogP contribution is 2.33. The molecule has 0 aromatic heterocycles. The maximum Gasteiger partial charge on any atom is 0.294 e. The first-order valence-electron chi connectivity index (χ1n) is 8.62. The van der Waals surface area contributed by atoms with Crippen molar-refractivity contribution in [3.05, 3.63) is 83.9 Å². The molecule has 0 saturated carbocycles. The van der Waals surface area contributed by atoms with Gasteiger partial charge in [0.1, 0.15) is 0 Å². The van der Waals surface area contributed by atoms with Crippen molar-refractivity contribution in [3.63, 3.8) is 0 Å². The molecule has 0 heterocycles. The Morgan fingerprint density at radius 3 is 1.31 bits per heavy atom. The van der Waals surface area contributed by atoms with Gasteiger partial charge in [-0.15, -0.1) is 0 Å². The third-order valence-electron chi connectivity index (χ3n) is 4.90. The van der Waals surface area contributed by atoms with Crippen LogP contribution in [0, 0.1) is 0 Å². The monoisotopic (exact) mass is 428 g/mol. The Labute approximate surface area is 167 Å². The number of hydrogen-bond acceptors (Lipinski definition) is 4. The van der Waals surface area contributed by atoms with Crippen LogP contribution in [0.4, 0.5) is 0 Å². The Bertz CT molecular complexity index is 1360. The second kappa shape index (κ2) is 6.93. The molecule has 4 rings (SSSR count). The van der Waals surface area contributed by atoms with Crippen LogP contribution in [0.1, 0.15) is 11.1 Å². The van der Waals surface area contributed by atoms with Gasteiger partial charge in [-0.05, 0) is 44.8 Å². The Kier molecular flexibility index (Phi) is 4.66. The van der Waals surface area contributed by atoms with E-state index in [1.807, 2.05) is 0 Å². The topological polar surface area (TPSA) is 109 Å².